The number of ether oxygens (including phenoxy) is 2. The maximum Gasteiger partial charge on any atom is 0.347 e. The summed E-state index contributed by atoms with van der Waals surface area (Å²) in [6, 6.07) is 6.91. The number of carbonyl (C=O) groups is 3. The first-order chi connectivity index (χ1) is 14.5. The van der Waals surface area contributed by atoms with Gasteiger partial charge in [0.15, 0.2) is 11.7 Å². The van der Waals surface area contributed by atoms with Crippen LogP contribution in [0.1, 0.15) is 54.0 Å². The zero-order chi connectivity index (χ0) is 24.9. The van der Waals surface area contributed by atoms with E-state index in [4.69, 9.17) is 9.47 Å². The predicted octanol–water partition coefficient (Wildman–Crippen LogP) is 2.43. The third kappa shape index (κ3) is 7.61. The van der Waals surface area contributed by atoms with E-state index in [9.17, 15) is 29.1 Å². The number of hydrogen-bond donors (Lipinski definition) is 2. The number of esters is 2. The Morgan fingerprint density at radius 1 is 1.09 bits per heavy atom. The van der Waals surface area contributed by atoms with Crippen molar-refractivity contribution in [2.45, 2.75) is 77.7 Å². The standard InChI is InChI=1S/C23H31FN2O6/c1-14(2)17(31-19(28)22(6,7)30)18(27)26-23(13-25,20(29)32-21(3,4)5)12-15-8-10-16(24)11-9-15/h8-11,14,17,30H,12H2,1-7H3,(H,26,27). The number of rotatable bonds is 8. The summed E-state index contributed by atoms with van der Waals surface area (Å²) in [7, 11) is 0. The van der Waals surface area contributed by atoms with Gasteiger partial charge in [-0.15, -0.1) is 0 Å². The highest BCUT2D eigenvalue weighted by Gasteiger charge is 2.46. The van der Waals surface area contributed by atoms with E-state index in [1.54, 1.807) is 34.6 Å². The molecule has 0 bridgehead atoms. The number of nitriles is 1. The Balaban J connectivity index is 3.34. The average molecular weight is 451 g/mol. The quantitative estimate of drug-likeness (QED) is 0.583. The molecule has 176 valence electrons. The van der Waals surface area contributed by atoms with Gasteiger partial charge in [0.05, 0.1) is 0 Å². The zero-order valence-corrected chi connectivity index (χ0v) is 19.5. The van der Waals surface area contributed by atoms with E-state index in [2.05, 4.69) is 5.32 Å². The molecule has 9 heteroatoms. The first kappa shape index (κ1) is 27.0. The lowest BCUT2D eigenvalue weighted by Gasteiger charge is -2.32. The van der Waals surface area contributed by atoms with Gasteiger partial charge in [0.2, 0.25) is 5.54 Å². The molecule has 0 spiro atoms. The maximum atomic E-state index is 13.3. The summed E-state index contributed by atoms with van der Waals surface area (Å²) in [5.74, 6) is -4.00. The molecule has 0 radical (unpaired) electrons. The summed E-state index contributed by atoms with van der Waals surface area (Å²) < 4.78 is 23.8. The van der Waals surface area contributed by atoms with Crippen LogP contribution in [0.15, 0.2) is 24.3 Å². The number of aliphatic hydroxyl groups is 1. The number of hydrogen-bond acceptors (Lipinski definition) is 7. The van der Waals surface area contributed by atoms with Gasteiger partial charge in [-0.25, -0.2) is 14.0 Å². The molecular weight excluding hydrogens is 419 g/mol. The van der Waals surface area contributed by atoms with Crippen molar-refractivity contribution in [2.75, 3.05) is 0 Å². The number of benzene rings is 1. The lowest BCUT2D eigenvalue weighted by atomic mass is 9.90. The van der Waals surface area contributed by atoms with Crippen molar-refractivity contribution in [1.29, 1.82) is 5.26 Å². The van der Waals surface area contributed by atoms with Crippen LogP contribution >= 0.6 is 0 Å². The molecule has 1 rings (SSSR count). The van der Waals surface area contributed by atoms with E-state index in [-0.39, 0.29) is 6.42 Å². The van der Waals surface area contributed by atoms with Crippen LogP contribution in [-0.2, 0) is 30.3 Å². The van der Waals surface area contributed by atoms with Crippen LogP contribution in [-0.4, -0.2) is 45.8 Å². The first-order valence-electron chi connectivity index (χ1n) is 10.2. The molecule has 32 heavy (non-hydrogen) atoms. The molecule has 1 amide bonds. The van der Waals surface area contributed by atoms with Crippen molar-refractivity contribution in [3.8, 4) is 6.07 Å². The summed E-state index contributed by atoms with van der Waals surface area (Å²) in [5.41, 5.74) is -4.58. The first-order valence-corrected chi connectivity index (χ1v) is 10.2. The largest absolute Gasteiger partial charge is 0.457 e. The van der Waals surface area contributed by atoms with E-state index in [1.165, 1.54) is 26.0 Å². The lowest BCUT2D eigenvalue weighted by molar-refractivity contribution is -0.174. The van der Waals surface area contributed by atoms with Crippen LogP contribution in [0.3, 0.4) is 0 Å². The van der Waals surface area contributed by atoms with Crippen molar-refractivity contribution < 1.29 is 33.4 Å². The highest BCUT2D eigenvalue weighted by Crippen LogP contribution is 2.22. The summed E-state index contributed by atoms with van der Waals surface area (Å²) >= 11 is 0. The van der Waals surface area contributed by atoms with Crippen LogP contribution in [0.25, 0.3) is 0 Å². The molecule has 2 unspecified atom stereocenters. The fourth-order valence-corrected chi connectivity index (χ4v) is 2.59. The average Bonchev–Trinajstić information content (AvgIpc) is 2.64. The highest BCUT2D eigenvalue weighted by atomic mass is 19.1. The van der Waals surface area contributed by atoms with Crippen molar-refractivity contribution in [3.05, 3.63) is 35.6 Å². The molecule has 0 aliphatic heterocycles. The molecule has 2 N–H and O–H groups in total. The molecule has 0 fully saturated rings. The van der Waals surface area contributed by atoms with Gasteiger partial charge < -0.3 is 19.9 Å². The molecule has 0 aromatic heterocycles. The van der Waals surface area contributed by atoms with Crippen molar-refractivity contribution in [1.82, 2.24) is 5.32 Å². The fourth-order valence-electron chi connectivity index (χ4n) is 2.59. The summed E-state index contributed by atoms with van der Waals surface area (Å²) in [5, 5.41) is 22.2. The molecule has 0 aliphatic carbocycles. The molecule has 0 aliphatic rings. The SMILES string of the molecule is CC(C)C(OC(=O)C(C)(C)O)C(=O)NC(C#N)(Cc1ccc(F)cc1)C(=O)OC(C)(C)C. The minimum atomic E-state index is -2.17. The Labute approximate surface area is 187 Å². The zero-order valence-electron chi connectivity index (χ0n) is 19.5. The van der Waals surface area contributed by atoms with Gasteiger partial charge in [-0.05, 0) is 58.2 Å². The lowest BCUT2D eigenvalue weighted by Crippen LogP contribution is -2.60. The van der Waals surface area contributed by atoms with Crippen molar-refractivity contribution in [2.24, 2.45) is 5.92 Å². The van der Waals surface area contributed by atoms with Gasteiger partial charge in [-0.2, -0.15) is 5.26 Å². The minimum Gasteiger partial charge on any atom is -0.457 e. The number of halogens is 1. The second-order valence-corrected chi connectivity index (χ2v) is 9.44. The topological polar surface area (TPSA) is 126 Å². The second kappa shape index (κ2) is 10.1. The molecule has 1 aromatic carbocycles. The van der Waals surface area contributed by atoms with E-state index >= 15 is 0 Å². The van der Waals surface area contributed by atoms with Gasteiger partial charge in [-0.1, -0.05) is 26.0 Å². The normalized spacial score (nSPS) is 14.7. The molecule has 0 saturated carbocycles. The molecule has 2 atom stereocenters. The number of amides is 1. The van der Waals surface area contributed by atoms with Crippen LogP contribution in [0.2, 0.25) is 0 Å². The van der Waals surface area contributed by atoms with Crippen molar-refractivity contribution >= 4 is 17.8 Å². The van der Waals surface area contributed by atoms with E-state index in [0.717, 1.165) is 12.1 Å². The molecule has 0 heterocycles. The highest BCUT2D eigenvalue weighted by molar-refractivity contribution is 5.94. The van der Waals surface area contributed by atoms with Gasteiger partial charge in [0.1, 0.15) is 17.5 Å². The van der Waals surface area contributed by atoms with Crippen LogP contribution in [0.4, 0.5) is 4.39 Å². The summed E-state index contributed by atoms with van der Waals surface area (Å²) in [6.07, 6.45) is -1.70. The number of carbonyl (C=O) groups excluding carboxylic acids is 3. The van der Waals surface area contributed by atoms with Crippen LogP contribution in [0, 0.1) is 23.1 Å². The van der Waals surface area contributed by atoms with E-state index in [0.29, 0.717) is 5.56 Å². The Morgan fingerprint density at radius 2 is 1.62 bits per heavy atom. The van der Waals surface area contributed by atoms with Gasteiger partial charge in [0.25, 0.3) is 5.91 Å². The number of nitrogens with one attached hydrogen (secondary N) is 1. The fraction of sp³-hybridized carbons (Fsp3) is 0.565. The maximum absolute atomic E-state index is 13.3. The number of nitrogens with zero attached hydrogens (tertiary/aromatic N) is 1. The smallest absolute Gasteiger partial charge is 0.347 e. The molecule has 8 nitrogen and oxygen atoms in total. The third-order valence-corrected chi connectivity index (χ3v) is 4.25. The van der Waals surface area contributed by atoms with Crippen molar-refractivity contribution in [3.63, 3.8) is 0 Å². The minimum absolute atomic E-state index is 0.311. The Bertz CT molecular complexity index is 878. The van der Waals surface area contributed by atoms with Gasteiger partial charge in [0, 0.05) is 6.42 Å². The Kier molecular flexibility index (Phi) is 8.52. The molecule has 0 saturated heterocycles. The third-order valence-electron chi connectivity index (χ3n) is 4.25. The van der Waals surface area contributed by atoms with Gasteiger partial charge >= 0.3 is 11.9 Å². The van der Waals surface area contributed by atoms with E-state index in [1.807, 2.05) is 6.07 Å². The molecular formula is C23H31FN2O6. The summed E-state index contributed by atoms with van der Waals surface area (Å²) in [4.78, 5) is 38.2. The van der Waals surface area contributed by atoms with Crippen LogP contribution in [0.5, 0.6) is 0 Å². The Morgan fingerprint density at radius 3 is 2.03 bits per heavy atom. The monoisotopic (exact) mass is 450 g/mol. The molecule has 1 aromatic rings. The Hall–Kier alpha value is -2.99. The predicted molar refractivity (Wildman–Crippen MR) is 113 cm³/mol. The van der Waals surface area contributed by atoms with E-state index < -0.39 is 52.4 Å². The second-order valence-electron chi connectivity index (χ2n) is 9.44. The summed E-state index contributed by atoms with van der Waals surface area (Å²) in [6.45, 7) is 10.4. The van der Waals surface area contributed by atoms with Gasteiger partial charge in [-0.3, -0.25) is 4.79 Å². The van der Waals surface area contributed by atoms with Crippen LogP contribution < -0.4 is 5.32 Å².